The molecule has 0 saturated heterocycles. The van der Waals surface area contributed by atoms with Crippen molar-refractivity contribution in [2.24, 2.45) is 4.99 Å². The van der Waals surface area contributed by atoms with Gasteiger partial charge in [-0.1, -0.05) is 47.2 Å². The molecule has 9 heteroatoms. The SMILES string of the molecule is CC1=C(C(=O)OC(C)C)C(c2ccccc2Cl)n2c(sc(=Cc3ccc(OC(C)C)c(Br)c3)c2=O)=N1. The highest BCUT2D eigenvalue weighted by atomic mass is 79.9. The minimum absolute atomic E-state index is 0.0421. The molecule has 36 heavy (non-hydrogen) atoms. The minimum atomic E-state index is -0.753. The number of halogens is 2. The van der Waals surface area contributed by atoms with Crippen molar-refractivity contribution in [3.05, 3.63) is 94.0 Å². The maximum absolute atomic E-state index is 13.7. The number of nitrogens with zero attached hydrogens (tertiary/aromatic N) is 2. The van der Waals surface area contributed by atoms with Crippen LogP contribution in [0.4, 0.5) is 0 Å². The fourth-order valence-corrected chi connectivity index (χ4v) is 5.73. The quantitative estimate of drug-likeness (QED) is 0.362. The number of allylic oxidation sites excluding steroid dienone is 1. The molecular formula is C27H26BrClN2O4S. The molecule has 1 unspecified atom stereocenters. The van der Waals surface area contributed by atoms with Crippen LogP contribution in [0.1, 0.15) is 51.8 Å². The number of carbonyl (C=O) groups excluding carboxylic acids is 1. The highest BCUT2D eigenvalue weighted by molar-refractivity contribution is 9.10. The third kappa shape index (κ3) is 5.36. The van der Waals surface area contributed by atoms with Crippen LogP contribution in [0.2, 0.25) is 5.02 Å². The van der Waals surface area contributed by atoms with E-state index in [0.29, 0.717) is 31.2 Å². The first-order chi connectivity index (χ1) is 17.1. The molecular weight excluding hydrogens is 564 g/mol. The zero-order valence-corrected chi connectivity index (χ0v) is 23.7. The van der Waals surface area contributed by atoms with Crippen molar-refractivity contribution in [1.82, 2.24) is 4.57 Å². The lowest BCUT2D eigenvalue weighted by molar-refractivity contribution is -0.143. The first-order valence-corrected chi connectivity index (χ1v) is 13.5. The van der Waals surface area contributed by atoms with Crippen LogP contribution >= 0.6 is 38.9 Å². The predicted molar refractivity (Wildman–Crippen MR) is 146 cm³/mol. The number of hydrogen-bond donors (Lipinski definition) is 0. The first-order valence-electron chi connectivity index (χ1n) is 11.5. The molecule has 0 radical (unpaired) electrons. The molecule has 0 aliphatic carbocycles. The molecule has 1 aliphatic rings. The van der Waals surface area contributed by atoms with Gasteiger partial charge >= 0.3 is 5.97 Å². The lowest BCUT2D eigenvalue weighted by Gasteiger charge is -2.26. The van der Waals surface area contributed by atoms with Gasteiger partial charge in [0.15, 0.2) is 4.80 Å². The Morgan fingerprint density at radius 2 is 1.89 bits per heavy atom. The Kier molecular flexibility index (Phi) is 7.87. The van der Waals surface area contributed by atoms with Crippen LogP contribution in [0.15, 0.2) is 68.0 Å². The molecule has 3 aromatic rings. The Hall–Kier alpha value is -2.68. The maximum Gasteiger partial charge on any atom is 0.338 e. The van der Waals surface area contributed by atoms with E-state index in [2.05, 4.69) is 20.9 Å². The van der Waals surface area contributed by atoms with Crippen molar-refractivity contribution < 1.29 is 14.3 Å². The number of fused-ring (bicyclic) bond motifs is 1. The van der Waals surface area contributed by atoms with E-state index in [1.54, 1.807) is 26.8 Å². The maximum atomic E-state index is 13.7. The molecule has 6 nitrogen and oxygen atoms in total. The third-order valence-electron chi connectivity index (χ3n) is 5.40. The largest absolute Gasteiger partial charge is 0.490 e. The summed E-state index contributed by atoms with van der Waals surface area (Å²) < 4.78 is 14.1. The molecule has 0 spiro atoms. The second-order valence-corrected chi connectivity index (χ2v) is 11.2. The van der Waals surface area contributed by atoms with Gasteiger partial charge < -0.3 is 9.47 Å². The minimum Gasteiger partial charge on any atom is -0.490 e. The summed E-state index contributed by atoms with van der Waals surface area (Å²) in [5.41, 5.74) is 2.00. The fraction of sp³-hybridized carbons (Fsp3) is 0.296. The van der Waals surface area contributed by atoms with E-state index < -0.39 is 12.0 Å². The Morgan fingerprint density at radius 1 is 1.17 bits per heavy atom. The number of aromatic nitrogens is 1. The molecule has 2 aromatic carbocycles. The van der Waals surface area contributed by atoms with Gasteiger partial charge in [-0.2, -0.15) is 0 Å². The molecule has 0 N–H and O–H groups in total. The first kappa shape index (κ1) is 26.4. The number of hydrogen-bond acceptors (Lipinski definition) is 6. The summed E-state index contributed by atoms with van der Waals surface area (Å²) in [5.74, 6) is 0.210. The summed E-state index contributed by atoms with van der Waals surface area (Å²) in [4.78, 5) is 32.0. The summed E-state index contributed by atoms with van der Waals surface area (Å²) in [6.45, 7) is 9.24. The molecule has 4 rings (SSSR count). The van der Waals surface area contributed by atoms with E-state index in [-0.39, 0.29) is 17.8 Å². The molecule has 1 aliphatic heterocycles. The second-order valence-electron chi connectivity index (χ2n) is 8.91. The highest BCUT2D eigenvalue weighted by Gasteiger charge is 2.34. The normalized spacial score (nSPS) is 15.8. The van der Waals surface area contributed by atoms with Gasteiger partial charge in [0.2, 0.25) is 0 Å². The van der Waals surface area contributed by atoms with Crippen molar-refractivity contribution in [3.63, 3.8) is 0 Å². The molecule has 0 bridgehead atoms. The van der Waals surface area contributed by atoms with E-state index in [0.717, 1.165) is 15.8 Å². The van der Waals surface area contributed by atoms with Crippen LogP contribution in [0.5, 0.6) is 5.75 Å². The summed E-state index contributed by atoms with van der Waals surface area (Å²) in [7, 11) is 0. The molecule has 2 heterocycles. The Bertz CT molecular complexity index is 1540. The van der Waals surface area contributed by atoms with Crippen LogP contribution in [0.3, 0.4) is 0 Å². The fourth-order valence-electron chi connectivity index (χ4n) is 3.96. The van der Waals surface area contributed by atoms with E-state index in [1.807, 2.05) is 56.3 Å². The van der Waals surface area contributed by atoms with Gasteiger partial charge in [-0.15, -0.1) is 0 Å². The zero-order valence-electron chi connectivity index (χ0n) is 20.5. The van der Waals surface area contributed by atoms with Gasteiger partial charge in [0.1, 0.15) is 11.8 Å². The van der Waals surface area contributed by atoms with E-state index in [4.69, 9.17) is 21.1 Å². The average molecular weight is 590 g/mol. The van der Waals surface area contributed by atoms with Gasteiger partial charge in [-0.05, 0) is 86.0 Å². The van der Waals surface area contributed by atoms with Gasteiger partial charge in [0.25, 0.3) is 5.56 Å². The predicted octanol–water partition coefficient (Wildman–Crippen LogP) is 5.39. The van der Waals surface area contributed by atoms with Crippen molar-refractivity contribution >= 4 is 50.9 Å². The van der Waals surface area contributed by atoms with Crippen LogP contribution < -0.4 is 19.6 Å². The lowest BCUT2D eigenvalue weighted by atomic mass is 9.96. The van der Waals surface area contributed by atoms with Crippen molar-refractivity contribution in [3.8, 4) is 5.75 Å². The Labute approximate surface area is 226 Å². The van der Waals surface area contributed by atoms with Crippen molar-refractivity contribution in [2.45, 2.75) is 52.9 Å². The van der Waals surface area contributed by atoms with Gasteiger partial charge in [-0.25, -0.2) is 9.79 Å². The molecule has 0 amide bonds. The molecule has 1 aromatic heterocycles. The second kappa shape index (κ2) is 10.7. The van der Waals surface area contributed by atoms with Crippen LogP contribution in [-0.2, 0) is 9.53 Å². The van der Waals surface area contributed by atoms with Gasteiger partial charge in [-0.3, -0.25) is 9.36 Å². The molecule has 1 atom stereocenters. The van der Waals surface area contributed by atoms with E-state index in [1.165, 1.54) is 15.9 Å². The Balaban J connectivity index is 1.89. The number of benzene rings is 2. The smallest absolute Gasteiger partial charge is 0.338 e. The van der Waals surface area contributed by atoms with Gasteiger partial charge in [0, 0.05) is 5.02 Å². The Morgan fingerprint density at radius 3 is 2.53 bits per heavy atom. The standard InChI is InChI=1S/C27H26BrClN2O4S/c1-14(2)34-21-11-10-17(12-19(21)28)13-22-25(32)31-24(18-8-6-7-9-20(18)29)23(26(33)35-15(3)4)16(5)30-27(31)36-22/h6-15,24H,1-5H3. The zero-order chi connectivity index (χ0) is 26.1. The van der Waals surface area contributed by atoms with Gasteiger partial charge in [0.05, 0.1) is 32.5 Å². The number of esters is 1. The summed E-state index contributed by atoms with van der Waals surface area (Å²) in [6.07, 6.45) is 1.53. The monoisotopic (exact) mass is 588 g/mol. The van der Waals surface area contributed by atoms with Crippen molar-refractivity contribution in [1.29, 1.82) is 0 Å². The third-order valence-corrected chi connectivity index (χ3v) is 7.35. The molecule has 0 saturated carbocycles. The number of ether oxygens (including phenoxy) is 2. The van der Waals surface area contributed by atoms with E-state index >= 15 is 0 Å². The average Bonchev–Trinajstić information content (AvgIpc) is 3.09. The summed E-state index contributed by atoms with van der Waals surface area (Å²) in [5, 5.41) is 0.450. The topological polar surface area (TPSA) is 69.9 Å². The van der Waals surface area contributed by atoms with Crippen LogP contribution in [-0.4, -0.2) is 22.7 Å². The van der Waals surface area contributed by atoms with Crippen LogP contribution in [0, 0.1) is 0 Å². The number of thiazole rings is 1. The van der Waals surface area contributed by atoms with Crippen LogP contribution in [0.25, 0.3) is 6.08 Å². The van der Waals surface area contributed by atoms with Crippen molar-refractivity contribution in [2.75, 3.05) is 0 Å². The number of carbonyl (C=O) groups is 1. The highest BCUT2D eigenvalue weighted by Crippen LogP contribution is 2.34. The number of rotatable bonds is 6. The molecule has 0 fully saturated rings. The lowest BCUT2D eigenvalue weighted by Crippen LogP contribution is -2.40. The summed E-state index contributed by atoms with van der Waals surface area (Å²) in [6, 6.07) is 12.1. The van der Waals surface area contributed by atoms with E-state index in [9.17, 15) is 9.59 Å². The summed E-state index contributed by atoms with van der Waals surface area (Å²) >= 11 is 11.4. The molecule has 188 valence electrons.